The Morgan fingerprint density at radius 1 is 0.903 bits per heavy atom. The molecule has 0 heterocycles. The Balaban J connectivity index is 2.04. The second-order valence-corrected chi connectivity index (χ2v) is 5.89. The van der Waals surface area contributed by atoms with Gasteiger partial charge in [-0.3, -0.25) is 0 Å². The van der Waals surface area contributed by atoms with E-state index >= 15 is 0 Å². The van der Waals surface area contributed by atoms with Gasteiger partial charge < -0.3 is 18.9 Å². The van der Waals surface area contributed by atoms with E-state index in [-0.39, 0.29) is 28.2 Å². The van der Waals surface area contributed by atoms with E-state index in [0.29, 0.717) is 0 Å². The summed E-state index contributed by atoms with van der Waals surface area (Å²) in [6.07, 6.45) is 4.96. The highest BCUT2D eigenvalue weighted by Gasteiger charge is 2.11. The van der Waals surface area contributed by atoms with Crippen LogP contribution < -0.4 is 9.47 Å². The van der Waals surface area contributed by atoms with Crippen LogP contribution in [0.15, 0.2) is 86.3 Å². The van der Waals surface area contributed by atoms with Crippen molar-refractivity contribution in [3.05, 3.63) is 97.9 Å². The van der Waals surface area contributed by atoms with Crippen LogP contribution in [0.1, 0.15) is 6.92 Å². The number of carbonyl (C=O) groups is 2. The molecule has 0 unspecified atom stereocenters. The SMILES string of the molecule is C=CC(=O)OC=COc1ccc(-c2ccc(OC=COC(=O)C(=C)C)c(F)c2)c(F)c1. The third kappa shape index (κ3) is 6.97. The molecule has 160 valence electrons. The topological polar surface area (TPSA) is 71.1 Å². The van der Waals surface area contributed by atoms with Gasteiger partial charge in [0.15, 0.2) is 11.6 Å². The fraction of sp³-hybridized carbons (Fsp3) is 0.0435. The van der Waals surface area contributed by atoms with Gasteiger partial charge in [-0.2, -0.15) is 0 Å². The quantitative estimate of drug-likeness (QED) is 0.311. The molecule has 0 atom stereocenters. The molecule has 2 aromatic rings. The minimum atomic E-state index is -0.750. The summed E-state index contributed by atoms with van der Waals surface area (Å²) in [5.41, 5.74) is 0.596. The molecular formula is C23H18F2O6. The number of hydrogen-bond donors (Lipinski definition) is 0. The van der Waals surface area contributed by atoms with Crippen molar-refractivity contribution < 1.29 is 37.3 Å². The van der Waals surface area contributed by atoms with Crippen molar-refractivity contribution in [1.29, 1.82) is 0 Å². The lowest BCUT2D eigenvalue weighted by molar-refractivity contribution is -0.134. The maximum Gasteiger partial charge on any atom is 0.338 e. The van der Waals surface area contributed by atoms with Crippen molar-refractivity contribution in [3.63, 3.8) is 0 Å². The number of benzene rings is 2. The zero-order chi connectivity index (χ0) is 22.8. The zero-order valence-electron chi connectivity index (χ0n) is 16.5. The van der Waals surface area contributed by atoms with Crippen LogP contribution in [-0.4, -0.2) is 11.9 Å². The highest BCUT2D eigenvalue weighted by molar-refractivity contribution is 5.87. The summed E-state index contributed by atoms with van der Waals surface area (Å²) in [7, 11) is 0. The van der Waals surface area contributed by atoms with E-state index in [0.717, 1.165) is 43.3 Å². The highest BCUT2D eigenvalue weighted by atomic mass is 19.1. The summed E-state index contributed by atoms with van der Waals surface area (Å²) >= 11 is 0. The van der Waals surface area contributed by atoms with Gasteiger partial charge in [0, 0.05) is 23.3 Å². The Morgan fingerprint density at radius 3 is 2.26 bits per heavy atom. The van der Waals surface area contributed by atoms with Gasteiger partial charge >= 0.3 is 11.9 Å². The second-order valence-electron chi connectivity index (χ2n) is 5.89. The molecule has 0 aliphatic heterocycles. The van der Waals surface area contributed by atoms with E-state index in [1.165, 1.54) is 31.2 Å². The number of esters is 2. The molecule has 0 amide bonds. The van der Waals surface area contributed by atoms with Crippen LogP contribution in [0.3, 0.4) is 0 Å². The van der Waals surface area contributed by atoms with Gasteiger partial charge in [0.05, 0.1) is 0 Å². The van der Waals surface area contributed by atoms with E-state index in [1.54, 1.807) is 0 Å². The minimum absolute atomic E-state index is 0.130. The number of ether oxygens (including phenoxy) is 4. The summed E-state index contributed by atoms with van der Waals surface area (Å²) in [6, 6.07) is 7.81. The van der Waals surface area contributed by atoms with Gasteiger partial charge in [-0.25, -0.2) is 18.4 Å². The first kappa shape index (κ1) is 23.1. The average Bonchev–Trinajstić information content (AvgIpc) is 2.74. The largest absolute Gasteiger partial charge is 0.462 e. The Kier molecular flexibility index (Phi) is 8.27. The van der Waals surface area contributed by atoms with E-state index in [9.17, 15) is 18.4 Å². The number of hydrogen-bond acceptors (Lipinski definition) is 6. The van der Waals surface area contributed by atoms with E-state index in [1.807, 2.05) is 0 Å². The molecule has 0 fully saturated rings. The molecule has 0 spiro atoms. The Labute approximate surface area is 177 Å². The number of carbonyl (C=O) groups excluding carboxylic acids is 2. The summed E-state index contributed by atoms with van der Waals surface area (Å²) in [5.74, 6) is -2.73. The van der Waals surface area contributed by atoms with Crippen molar-refractivity contribution in [2.45, 2.75) is 6.92 Å². The van der Waals surface area contributed by atoms with Crippen molar-refractivity contribution >= 4 is 11.9 Å². The third-order valence-corrected chi connectivity index (χ3v) is 3.57. The van der Waals surface area contributed by atoms with Crippen LogP contribution in [0.4, 0.5) is 8.78 Å². The lowest BCUT2D eigenvalue weighted by Gasteiger charge is -2.08. The normalized spacial score (nSPS) is 10.7. The first-order valence-corrected chi connectivity index (χ1v) is 8.74. The molecule has 0 saturated carbocycles. The van der Waals surface area contributed by atoms with Crippen molar-refractivity contribution in [1.82, 2.24) is 0 Å². The monoisotopic (exact) mass is 428 g/mol. The van der Waals surface area contributed by atoms with Crippen LogP contribution in [0.2, 0.25) is 0 Å². The molecule has 6 nitrogen and oxygen atoms in total. The lowest BCUT2D eigenvalue weighted by atomic mass is 10.0. The molecule has 0 aliphatic rings. The molecule has 0 bridgehead atoms. The van der Waals surface area contributed by atoms with Crippen LogP contribution in [0.25, 0.3) is 11.1 Å². The highest BCUT2D eigenvalue weighted by Crippen LogP contribution is 2.29. The Hall–Kier alpha value is -4.20. The molecule has 31 heavy (non-hydrogen) atoms. The van der Waals surface area contributed by atoms with Crippen LogP contribution in [0.5, 0.6) is 11.5 Å². The molecule has 2 aromatic carbocycles. The van der Waals surface area contributed by atoms with Crippen molar-refractivity contribution in [2.24, 2.45) is 0 Å². The molecule has 2 rings (SSSR count). The van der Waals surface area contributed by atoms with Crippen molar-refractivity contribution in [2.75, 3.05) is 0 Å². The fourth-order valence-electron chi connectivity index (χ4n) is 2.11. The van der Waals surface area contributed by atoms with Gasteiger partial charge in [-0.1, -0.05) is 19.2 Å². The van der Waals surface area contributed by atoms with Crippen LogP contribution >= 0.6 is 0 Å². The zero-order valence-corrected chi connectivity index (χ0v) is 16.5. The maximum atomic E-state index is 14.4. The van der Waals surface area contributed by atoms with E-state index in [2.05, 4.69) is 22.6 Å². The molecule has 0 N–H and O–H groups in total. The molecule has 0 aromatic heterocycles. The van der Waals surface area contributed by atoms with Gasteiger partial charge in [0.1, 0.15) is 36.6 Å². The number of rotatable bonds is 9. The van der Waals surface area contributed by atoms with Gasteiger partial charge in [-0.15, -0.1) is 0 Å². The molecule has 0 aliphatic carbocycles. The molecular weight excluding hydrogens is 410 g/mol. The number of halogens is 2. The van der Waals surface area contributed by atoms with E-state index in [4.69, 9.17) is 9.47 Å². The summed E-state index contributed by atoms with van der Waals surface area (Å²) in [6.45, 7) is 8.12. The van der Waals surface area contributed by atoms with Crippen LogP contribution in [0, 0.1) is 11.6 Å². The van der Waals surface area contributed by atoms with E-state index < -0.39 is 23.6 Å². The minimum Gasteiger partial charge on any atom is -0.462 e. The maximum absolute atomic E-state index is 14.4. The van der Waals surface area contributed by atoms with Crippen LogP contribution in [-0.2, 0) is 19.1 Å². The average molecular weight is 428 g/mol. The smallest absolute Gasteiger partial charge is 0.338 e. The first-order chi connectivity index (χ1) is 14.8. The molecule has 0 saturated heterocycles. The standard InChI is InChI=1S/C23H18F2O6/c1-4-22(26)30-11-9-28-17-6-7-18(19(24)14-17)16-5-8-21(20(25)13-16)29-10-12-31-23(27)15(2)3/h4-14H,1-2H2,3H3. The lowest BCUT2D eigenvalue weighted by Crippen LogP contribution is -1.99. The Morgan fingerprint density at radius 2 is 1.61 bits per heavy atom. The second kappa shape index (κ2) is 11.1. The third-order valence-electron chi connectivity index (χ3n) is 3.57. The molecule has 8 heteroatoms. The van der Waals surface area contributed by atoms with Gasteiger partial charge in [0.25, 0.3) is 0 Å². The predicted molar refractivity (Wildman–Crippen MR) is 109 cm³/mol. The Bertz CT molecular complexity index is 1060. The van der Waals surface area contributed by atoms with Gasteiger partial charge in [-0.05, 0) is 36.8 Å². The summed E-state index contributed by atoms with van der Waals surface area (Å²) in [5, 5.41) is 0. The molecule has 0 radical (unpaired) electrons. The van der Waals surface area contributed by atoms with Crippen molar-refractivity contribution in [3.8, 4) is 22.6 Å². The first-order valence-electron chi connectivity index (χ1n) is 8.74. The fourth-order valence-corrected chi connectivity index (χ4v) is 2.11. The van der Waals surface area contributed by atoms with Gasteiger partial charge in [0.2, 0.25) is 0 Å². The summed E-state index contributed by atoms with van der Waals surface area (Å²) in [4.78, 5) is 22.1. The summed E-state index contributed by atoms with van der Waals surface area (Å²) < 4.78 is 48.1. The predicted octanol–water partition coefficient (Wildman–Crippen LogP) is 5.18.